The molecule has 1 aromatic heterocycles. The van der Waals surface area contributed by atoms with Crippen molar-refractivity contribution in [1.82, 2.24) is 9.88 Å². The van der Waals surface area contributed by atoms with Crippen LogP contribution in [-0.4, -0.2) is 11.1 Å². The largest absolute Gasteiger partial charge is 0.351 e. The molecule has 0 saturated carbocycles. The Morgan fingerprint density at radius 2 is 2.50 bits per heavy atom. The van der Waals surface area contributed by atoms with Gasteiger partial charge in [-0.2, -0.15) is 0 Å². The summed E-state index contributed by atoms with van der Waals surface area (Å²) in [5, 5.41) is 3.27. The van der Waals surface area contributed by atoms with Crippen LogP contribution in [-0.2, 0) is 13.1 Å². The Morgan fingerprint density at radius 3 is 3.17 bits per heavy atom. The average Bonchev–Trinajstić information content (AvgIpc) is 2.52. The second-order valence-corrected chi connectivity index (χ2v) is 2.71. The molecule has 2 heteroatoms. The van der Waals surface area contributed by atoms with Crippen LogP contribution in [0.5, 0.6) is 0 Å². The van der Waals surface area contributed by atoms with E-state index >= 15 is 0 Å². The SMILES string of the molecule is C=CCNCc1cccn1CC. The molecular weight excluding hydrogens is 148 g/mol. The third-order valence-electron chi connectivity index (χ3n) is 1.86. The van der Waals surface area contributed by atoms with E-state index in [1.165, 1.54) is 5.69 Å². The number of nitrogens with zero attached hydrogens (tertiary/aromatic N) is 1. The van der Waals surface area contributed by atoms with Gasteiger partial charge in [-0.05, 0) is 19.1 Å². The summed E-state index contributed by atoms with van der Waals surface area (Å²) in [4.78, 5) is 0. The summed E-state index contributed by atoms with van der Waals surface area (Å²) >= 11 is 0. The summed E-state index contributed by atoms with van der Waals surface area (Å²) in [6.45, 7) is 8.64. The van der Waals surface area contributed by atoms with Gasteiger partial charge in [0.15, 0.2) is 0 Å². The lowest BCUT2D eigenvalue weighted by molar-refractivity contribution is 0.658. The molecule has 0 spiro atoms. The van der Waals surface area contributed by atoms with E-state index in [0.29, 0.717) is 0 Å². The van der Waals surface area contributed by atoms with Crippen LogP contribution in [0.3, 0.4) is 0 Å². The minimum absolute atomic E-state index is 0.870. The molecule has 0 bridgehead atoms. The molecule has 0 amide bonds. The molecule has 1 N–H and O–H groups in total. The Morgan fingerprint density at radius 1 is 1.67 bits per heavy atom. The van der Waals surface area contributed by atoms with Crippen LogP contribution in [0.1, 0.15) is 12.6 Å². The van der Waals surface area contributed by atoms with Crippen LogP contribution < -0.4 is 5.32 Å². The fourth-order valence-electron chi connectivity index (χ4n) is 1.22. The standard InChI is InChI=1S/C10H16N2/c1-3-7-11-9-10-6-5-8-12(10)4-2/h3,5-6,8,11H,1,4,7,9H2,2H3. The van der Waals surface area contributed by atoms with Crippen molar-refractivity contribution in [1.29, 1.82) is 0 Å². The zero-order valence-electron chi connectivity index (χ0n) is 7.59. The second-order valence-electron chi connectivity index (χ2n) is 2.71. The van der Waals surface area contributed by atoms with Crippen LogP contribution in [0.4, 0.5) is 0 Å². The molecule has 66 valence electrons. The van der Waals surface area contributed by atoms with Crippen molar-refractivity contribution in [2.24, 2.45) is 0 Å². The number of rotatable bonds is 5. The van der Waals surface area contributed by atoms with Crippen molar-refractivity contribution in [3.8, 4) is 0 Å². The van der Waals surface area contributed by atoms with Gasteiger partial charge in [0.2, 0.25) is 0 Å². The molecule has 0 fully saturated rings. The number of hydrogen-bond acceptors (Lipinski definition) is 1. The molecule has 0 aliphatic rings. The molecule has 0 aliphatic heterocycles. The second kappa shape index (κ2) is 4.78. The maximum atomic E-state index is 3.65. The Balaban J connectivity index is 2.44. The summed E-state index contributed by atoms with van der Waals surface area (Å²) in [7, 11) is 0. The normalized spacial score (nSPS) is 10.1. The van der Waals surface area contributed by atoms with E-state index in [2.05, 4.69) is 41.7 Å². The average molecular weight is 164 g/mol. The zero-order chi connectivity index (χ0) is 8.81. The Kier molecular flexibility index (Phi) is 3.61. The van der Waals surface area contributed by atoms with Gasteiger partial charge >= 0.3 is 0 Å². The molecule has 0 radical (unpaired) electrons. The van der Waals surface area contributed by atoms with Crippen molar-refractivity contribution < 1.29 is 0 Å². The first kappa shape index (κ1) is 9.07. The molecule has 2 nitrogen and oxygen atoms in total. The third kappa shape index (κ3) is 2.24. The third-order valence-corrected chi connectivity index (χ3v) is 1.86. The molecule has 0 aliphatic carbocycles. The van der Waals surface area contributed by atoms with Crippen LogP contribution in [0, 0.1) is 0 Å². The van der Waals surface area contributed by atoms with E-state index in [0.717, 1.165) is 19.6 Å². The monoisotopic (exact) mass is 164 g/mol. The fraction of sp³-hybridized carbons (Fsp3) is 0.400. The Labute approximate surface area is 73.9 Å². The van der Waals surface area contributed by atoms with E-state index in [-0.39, 0.29) is 0 Å². The highest BCUT2D eigenvalue weighted by atomic mass is 15.0. The number of hydrogen-bond donors (Lipinski definition) is 1. The van der Waals surface area contributed by atoms with Crippen LogP contribution in [0.25, 0.3) is 0 Å². The van der Waals surface area contributed by atoms with E-state index in [1.54, 1.807) is 0 Å². The molecule has 1 rings (SSSR count). The molecule has 0 unspecified atom stereocenters. The molecule has 0 saturated heterocycles. The van der Waals surface area contributed by atoms with Gasteiger partial charge < -0.3 is 9.88 Å². The molecule has 1 aromatic rings. The zero-order valence-corrected chi connectivity index (χ0v) is 7.59. The van der Waals surface area contributed by atoms with E-state index in [1.807, 2.05) is 6.08 Å². The summed E-state index contributed by atoms with van der Waals surface area (Å²) in [5.41, 5.74) is 1.33. The van der Waals surface area contributed by atoms with Crippen LogP contribution >= 0.6 is 0 Å². The topological polar surface area (TPSA) is 17.0 Å². The summed E-state index contributed by atoms with van der Waals surface area (Å²) in [6, 6.07) is 4.22. The first-order valence-electron chi connectivity index (χ1n) is 4.34. The molecule has 12 heavy (non-hydrogen) atoms. The van der Waals surface area contributed by atoms with Crippen molar-refractivity contribution in [3.63, 3.8) is 0 Å². The maximum Gasteiger partial charge on any atom is 0.0362 e. The van der Waals surface area contributed by atoms with Gasteiger partial charge in [-0.15, -0.1) is 6.58 Å². The van der Waals surface area contributed by atoms with Gasteiger partial charge in [0, 0.05) is 31.5 Å². The highest BCUT2D eigenvalue weighted by molar-refractivity contribution is 5.06. The summed E-state index contributed by atoms with van der Waals surface area (Å²) in [6.07, 6.45) is 3.98. The minimum atomic E-state index is 0.870. The van der Waals surface area contributed by atoms with E-state index in [9.17, 15) is 0 Å². The van der Waals surface area contributed by atoms with Gasteiger partial charge in [0.1, 0.15) is 0 Å². The molecule has 0 aromatic carbocycles. The Hall–Kier alpha value is -1.02. The first-order chi connectivity index (χ1) is 5.88. The van der Waals surface area contributed by atoms with Gasteiger partial charge in [-0.1, -0.05) is 6.08 Å². The summed E-state index contributed by atoms with van der Waals surface area (Å²) < 4.78 is 2.23. The lowest BCUT2D eigenvalue weighted by Gasteiger charge is -2.05. The van der Waals surface area contributed by atoms with E-state index in [4.69, 9.17) is 0 Å². The predicted molar refractivity (Wildman–Crippen MR) is 52.0 cm³/mol. The van der Waals surface area contributed by atoms with Crippen LogP contribution in [0.2, 0.25) is 0 Å². The molecular formula is C10H16N2. The number of aryl methyl sites for hydroxylation is 1. The van der Waals surface area contributed by atoms with Gasteiger partial charge in [-0.25, -0.2) is 0 Å². The quantitative estimate of drug-likeness (QED) is 0.518. The minimum Gasteiger partial charge on any atom is -0.351 e. The van der Waals surface area contributed by atoms with Crippen molar-refractivity contribution in [2.75, 3.05) is 6.54 Å². The molecule has 0 atom stereocenters. The van der Waals surface area contributed by atoms with Crippen molar-refractivity contribution in [2.45, 2.75) is 20.0 Å². The fourth-order valence-corrected chi connectivity index (χ4v) is 1.22. The van der Waals surface area contributed by atoms with Gasteiger partial charge in [-0.3, -0.25) is 0 Å². The van der Waals surface area contributed by atoms with Crippen molar-refractivity contribution >= 4 is 0 Å². The lowest BCUT2D eigenvalue weighted by Crippen LogP contribution is -2.15. The van der Waals surface area contributed by atoms with Gasteiger partial charge in [0.05, 0.1) is 0 Å². The predicted octanol–water partition coefficient (Wildman–Crippen LogP) is 1.78. The van der Waals surface area contributed by atoms with Gasteiger partial charge in [0.25, 0.3) is 0 Å². The number of aromatic nitrogens is 1. The highest BCUT2D eigenvalue weighted by Gasteiger charge is 1.95. The highest BCUT2D eigenvalue weighted by Crippen LogP contribution is 2.00. The maximum absolute atomic E-state index is 3.65. The van der Waals surface area contributed by atoms with Crippen LogP contribution in [0.15, 0.2) is 31.0 Å². The van der Waals surface area contributed by atoms with Crippen molar-refractivity contribution in [3.05, 3.63) is 36.7 Å². The summed E-state index contributed by atoms with van der Waals surface area (Å²) in [5.74, 6) is 0. The number of nitrogens with one attached hydrogen (secondary N) is 1. The Bertz CT molecular complexity index is 238. The lowest BCUT2D eigenvalue weighted by atomic mass is 10.4. The van der Waals surface area contributed by atoms with E-state index < -0.39 is 0 Å². The molecule has 1 heterocycles. The first-order valence-corrected chi connectivity index (χ1v) is 4.34. The smallest absolute Gasteiger partial charge is 0.0362 e.